The Kier molecular flexibility index (Phi) is 4.32. The van der Waals surface area contributed by atoms with Crippen LogP contribution in [0.15, 0.2) is 16.8 Å². The Morgan fingerprint density at radius 3 is 2.57 bits per heavy atom. The first-order chi connectivity index (χ1) is 9.82. The Morgan fingerprint density at radius 1 is 1.29 bits per heavy atom. The third-order valence-corrected chi connectivity index (χ3v) is 3.93. The zero-order chi connectivity index (χ0) is 15.7. The number of hydrazine groups is 1. The van der Waals surface area contributed by atoms with Gasteiger partial charge >= 0.3 is 0 Å². The Morgan fingerprint density at radius 2 is 1.95 bits per heavy atom. The molecule has 2 aliphatic rings. The fourth-order valence-corrected chi connectivity index (χ4v) is 2.53. The molecule has 1 fully saturated rings. The van der Waals surface area contributed by atoms with Crippen molar-refractivity contribution in [3.63, 3.8) is 0 Å². The van der Waals surface area contributed by atoms with E-state index in [1.807, 2.05) is 32.0 Å². The predicted molar refractivity (Wildman–Crippen MR) is 80.3 cm³/mol. The van der Waals surface area contributed by atoms with Crippen molar-refractivity contribution in [2.45, 2.75) is 6.92 Å². The van der Waals surface area contributed by atoms with E-state index in [9.17, 15) is 9.59 Å². The molecule has 21 heavy (non-hydrogen) atoms. The number of carbonyl (C=O) groups excluding carboxylic acids is 2. The summed E-state index contributed by atoms with van der Waals surface area (Å²) in [4.78, 5) is 32.9. The minimum Gasteiger partial charge on any atom is -0.319 e. The van der Waals surface area contributed by atoms with E-state index in [1.165, 1.54) is 5.01 Å². The number of allylic oxidation sites excluding steroid dienone is 1. The van der Waals surface area contributed by atoms with Crippen molar-refractivity contribution in [2.75, 3.05) is 41.3 Å². The Labute approximate surface area is 125 Å². The SMILES string of the molecule is CC1=CC2C(=O)N(C)NC(=NCCN(C)C)C2C(=O)N1C. The van der Waals surface area contributed by atoms with Crippen LogP contribution in [0.5, 0.6) is 0 Å². The van der Waals surface area contributed by atoms with Crippen LogP contribution in [0.25, 0.3) is 0 Å². The van der Waals surface area contributed by atoms with Crippen LogP contribution in [0.4, 0.5) is 0 Å². The largest absolute Gasteiger partial charge is 0.319 e. The summed E-state index contributed by atoms with van der Waals surface area (Å²) in [6, 6.07) is 0. The minimum atomic E-state index is -0.537. The lowest BCUT2D eigenvalue weighted by Crippen LogP contribution is -2.61. The summed E-state index contributed by atoms with van der Waals surface area (Å²) in [6.45, 7) is 3.21. The lowest BCUT2D eigenvalue weighted by Gasteiger charge is -2.40. The molecule has 0 saturated carbocycles. The minimum absolute atomic E-state index is 0.0856. The number of nitrogens with zero attached hydrogens (tertiary/aromatic N) is 4. The van der Waals surface area contributed by atoms with Gasteiger partial charge in [-0.15, -0.1) is 0 Å². The lowest BCUT2D eigenvalue weighted by molar-refractivity contribution is -0.144. The molecule has 2 heterocycles. The molecule has 0 bridgehead atoms. The lowest BCUT2D eigenvalue weighted by atomic mass is 9.83. The number of fused-ring (bicyclic) bond motifs is 1. The Hall–Kier alpha value is -1.89. The highest BCUT2D eigenvalue weighted by Crippen LogP contribution is 2.30. The molecule has 2 rings (SSSR count). The molecule has 1 saturated heterocycles. The smallest absolute Gasteiger partial charge is 0.248 e. The first-order valence-electron chi connectivity index (χ1n) is 7.02. The van der Waals surface area contributed by atoms with Crippen LogP contribution in [-0.2, 0) is 9.59 Å². The van der Waals surface area contributed by atoms with Gasteiger partial charge in [0.2, 0.25) is 11.8 Å². The number of nitrogens with one attached hydrogen (secondary N) is 1. The molecule has 2 unspecified atom stereocenters. The van der Waals surface area contributed by atoms with E-state index in [-0.39, 0.29) is 11.8 Å². The van der Waals surface area contributed by atoms with Crippen LogP contribution in [-0.4, -0.2) is 73.7 Å². The average Bonchev–Trinajstić information content (AvgIpc) is 2.41. The summed E-state index contributed by atoms with van der Waals surface area (Å²) in [5, 5.41) is 1.41. The molecule has 0 aliphatic carbocycles. The predicted octanol–water partition coefficient (Wildman–Crippen LogP) is -0.469. The summed E-state index contributed by atoms with van der Waals surface area (Å²) < 4.78 is 0. The highest BCUT2D eigenvalue weighted by molar-refractivity contribution is 6.10. The van der Waals surface area contributed by atoms with Gasteiger partial charge in [-0.05, 0) is 21.0 Å². The molecule has 0 aromatic carbocycles. The molecule has 2 amide bonds. The van der Waals surface area contributed by atoms with Crippen molar-refractivity contribution < 1.29 is 9.59 Å². The third kappa shape index (κ3) is 2.92. The zero-order valence-corrected chi connectivity index (χ0v) is 13.3. The fourth-order valence-electron chi connectivity index (χ4n) is 2.53. The molecule has 7 heteroatoms. The summed E-state index contributed by atoms with van der Waals surface area (Å²) >= 11 is 0. The van der Waals surface area contributed by atoms with Gasteiger partial charge < -0.3 is 9.80 Å². The van der Waals surface area contributed by atoms with Crippen LogP contribution in [0.1, 0.15) is 6.92 Å². The van der Waals surface area contributed by atoms with Crippen molar-refractivity contribution >= 4 is 17.6 Å². The molecule has 2 atom stereocenters. The summed E-state index contributed by atoms with van der Waals surface area (Å²) in [6.07, 6.45) is 1.85. The first-order valence-corrected chi connectivity index (χ1v) is 7.02. The van der Waals surface area contributed by atoms with Gasteiger partial charge in [0, 0.05) is 26.3 Å². The Balaban J connectivity index is 2.31. The Bertz CT molecular complexity index is 511. The monoisotopic (exact) mass is 293 g/mol. The van der Waals surface area contributed by atoms with Crippen LogP contribution < -0.4 is 5.43 Å². The number of aliphatic imine (C=N–C) groups is 1. The molecule has 2 aliphatic heterocycles. The van der Waals surface area contributed by atoms with Gasteiger partial charge in [0.15, 0.2) is 0 Å². The highest BCUT2D eigenvalue weighted by atomic mass is 16.2. The van der Waals surface area contributed by atoms with E-state index < -0.39 is 11.8 Å². The quantitative estimate of drug-likeness (QED) is 0.764. The first kappa shape index (κ1) is 15.5. The second-order valence-electron chi connectivity index (χ2n) is 5.79. The summed E-state index contributed by atoms with van der Waals surface area (Å²) in [7, 11) is 7.33. The van der Waals surface area contributed by atoms with E-state index in [0.29, 0.717) is 12.4 Å². The van der Waals surface area contributed by atoms with Crippen LogP contribution in [0, 0.1) is 11.8 Å². The van der Waals surface area contributed by atoms with E-state index in [1.54, 1.807) is 19.0 Å². The molecule has 116 valence electrons. The van der Waals surface area contributed by atoms with Crippen molar-refractivity contribution in [3.8, 4) is 0 Å². The number of likely N-dealkylation sites (N-methyl/N-ethyl adjacent to an activating group) is 1. The number of amides is 2. The van der Waals surface area contributed by atoms with Gasteiger partial charge in [-0.1, -0.05) is 6.08 Å². The average molecular weight is 293 g/mol. The number of rotatable bonds is 3. The zero-order valence-electron chi connectivity index (χ0n) is 13.3. The van der Waals surface area contributed by atoms with Gasteiger partial charge in [-0.3, -0.25) is 25.0 Å². The molecular weight excluding hydrogens is 270 g/mol. The van der Waals surface area contributed by atoms with Gasteiger partial charge in [0.25, 0.3) is 0 Å². The van der Waals surface area contributed by atoms with Crippen LogP contribution in [0.2, 0.25) is 0 Å². The fraction of sp³-hybridized carbons (Fsp3) is 0.643. The van der Waals surface area contributed by atoms with E-state index in [4.69, 9.17) is 0 Å². The van der Waals surface area contributed by atoms with Crippen molar-refractivity contribution in [2.24, 2.45) is 16.8 Å². The van der Waals surface area contributed by atoms with Crippen molar-refractivity contribution in [3.05, 3.63) is 11.8 Å². The maximum absolute atomic E-state index is 12.5. The molecule has 0 radical (unpaired) electrons. The number of hydrogen-bond donors (Lipinski definition) is 1. The standard InChI is InChI=1S/C14H23N5O2/c1-9-8-10-11(14(21)18(9)4)12(15-6-7-17(2)3)16-19(5)13(10)20/h8,10-11H,6-7H2,1-5H3,(H,15,16). The maximum Gasteiger partial charge on any atom is 0.248 e. The van der Waals surface area contributed by atoms with Crippen LogP contribution >= 0.6 is 0 Å². The molecule has 0 aromatic rings. The summed E-state index contributed by atoms with van der Waals surface area (Å²) in [5.41, 5.74) is 3.75. The second-order valence-corrected chi connectivity index (χ2v) is 5.79. The second kappa shape index (κ2) is 5.85. The number of carbonyl (C=O) groups is 2. The number of amidine groups is 1. The van der Waals surface area contributed by atoms with Gasteiger partial charge in [0.05, 0.1) is 12.5 Å². The maximum atomic E-state index is 12.5. The van der Waals surface area contributed by atoms with Gasteiger partial charge in [-0.25, -0.2) is 0 Å². The van der Waals surface area contributed by atoms with Crippen molar-refractivity contribution in [1.82, 2.24) is 20.2 Å². The van der Waals surface area contributed by atoms with Gasteiger partial charge in [0.1, 0.15) is 11.8 Å². The molecule has 0 spiro atoms. The van der Waals surface area contributed by atoms with Gasteiger partial charge in [-0.2, -0.15) is 0 Å². The topological polar surface area (TPSA) is 68.2 Å². The van der Waals surface area contributed by atoms with Crippen LogP contribution in [0.3, 0.4) is 0 Å². The molecular formula is C14H23N5O2. The summed E-state index contributed by atoms with van der Waals surface area (Å²) in [5.74, 6) is -0.614. The molecule has 7 nitrogen and oxygen atoms in total. The number of hydrogen-bond acceptors (Lipinski definition) is 4. The van der Waals surface area contributed by atoms with E-state index >= 15 is 0 Å². The van der Waals surface area contributed by atoms with Crippen molar-refractivity contribution in [1.29, 1.82) is 0 Å². The highest BCUT2D eigenvalue weighted by Gasteiger charge is 2.46. The normalized spacial score (nSPS) is 27.9. The van der Waals surface area contributed by atoms with E-state index in [0.717, 1.165) is 12.2 Å². The van der Waals surface area contributed by atoms with E-state index in [2.05, 4.69) is 10.4 Å². The molecule has 1 N–H and O–H groups in total. The molecule has 0 aromatic heterocycles. The third-order valence-electron chi connectivity index (χ3n) is 3.93.